The van der Waals surface area contributed by atoms with E-state index in [0.717, 1.165) is 30.8 Å². The number of ether oxygens (including phenoxy) is 2. The molecule has 0 aliphatic carbocycles. The molecule has 1 aromatic carbocycles. The second-order valence-electron chi connectivity index (χ2n) is 4.18. The SMILES string of the molecule is CCCCOc1ccc(CC(N)C(=O)OC)cc1. The van der Waals surface area contributed by atoms with Crippen LogP contribution in [0, 0.1) is 0 Å². The molecule has 0 heterocycles. The first-order valence-corrected chi connectivity index (χ1v) is 6.22. The van der Waals surface area contributed by atoms with E-state index in [0.29, 0.717) is 6.42 Å². The highest BCUT2D eigenvalue weighted by Crippen LogP contribution is 2.13. The van der Waals surface area contributed by atoms with Gasteiger partial charge in [0, 0.05) is 0 Å². The van der Waals surface area contributed by atoms with Gasteiger partial charge in [-0.3, -0.25) is 4.79 Å². The third-order valence-corrected chi connectivity index (χ3v) is 2.65. The van der Waals surface area contributed by atoms with Gasteiger partial charge >= 0.3 is 5.97 Å². The van der Waals surface area contributed by atoms with E-state index in [1.54, 1.807) is 0 Å². The number of methoxy groups -OCH3 is 1. The number of esters is 1. The molecule has 0 aliphatic heterocycles. The van der Waals surface area contributed by atoms with Crippen LogP contribution in [0.3, 0.4) is 0 Å². The van der Waals surface area contributed by atoms with E-state index in [9.17, 15) is 4.79 Å². The van der Waals surface area contributed by atoms with Crippen LogP contribution in [0.5, 0.6) is 5.75 Å². The van der Waals surface area contributed by atoms with Crippen LogP contribution >= 0.6 is 0 Å². The van der Waals surface area contributed by atoms with Gasteiger partial charge in [-0.25, -0.2) is 0 Å². The Hall–Kier alpha value is -1.55. The fourth-order valence-corrected chi connectivity index (χ4v) is 1.54. The molecule has 4 nitrogen and oxygen atoms in total. The maximum Gasteiger partial charge on any atom is 0.322 e. The van der Waals surface area contributed by atoms with Gasteiger partial charge in [0.05, 0.1) is 13.7 Å². The Kier molecular flexibility index (Phi) is 6.22. The third-order valence-electron chi connectivity index (χ3n) is 2.65. The molecule has 1 unspecified atom stereocenters. The molecule has 1 rings (SSSR count). The summed E-state index contributed by atoms with van der Waals surface area (Å²) < 4.78 is 10.1. The third kappa shape index (κ3) is 4.75. The zero-order valence-electron chi connectivity index (χ0n) is 11.0. The highest BCUT2D eigenvalue weighted by Gasteiger charge is 2.13. The van der Waals surface area contributed by atoms with Gasteiger partial charge < -0.3 is 15.2 Å². The molecule has 0 aromatic heterocycles. The number of benzene rings is 1. The molecule has 0 fully saturated rings. The summed E-state index contributed by atoms with van der Waals surface area (Å²) in [6.07, 6.45) is 2.64. The van der Waals surface area contributed by atoms with Crippen molar-refractivity contribution in [2.24, 2.45) is 5.73 Å². The molecule has 0 radical (unpaired) electrons. The van der Waals surface area contributed by atoms with E-state index in [-0.39, 0.29) is 0 Å². The van der Waals surface area contributed by atoms with Crippen molar-refractivity contribution >= 4 is 5.97 Å². The second kappa shape index (κ2) is 7.71. The van der Waals surface area contributed by atoms with Crippen LogP contribution in [0.4, 0.5) is 0 Å². The summed E-state index contributed by atoms with van der Waals surface area (Å²) in [4.78, 5) is 11.2. The molecule has 18 heavy (non-hydrogen) atoms. The smallest absolute Gasteiger partial charge is 0.322 e. The van der Waals surface area contributed by atoms with Crippen molar-refractivity contribution in [3.05, 3.63) is 29.8 Å². The fraction of sp³-hybridized carbons (Fsp3) is 0.500. The number of nitrogens with two attached hydrogens (primary N) is 1. The molecule has 2 N–H and O–H groups in total. The summed E-state index contributed by atoms with van der Waals surface area (Å²) in [5, 5.41) is 0. The van der Waals surface area contributed by atoms with Gasteiger partial charge in [-0.1, -0.05) is 25.5 Å². The summed E-state index contributed by atoms with van der Waals surface area (Å²) in [7, 11) is 1.34. The zero-order valence-corrected chi connectivity index (χ0v) is 11.0. The molecular formula is C14H21NO3. The number of hydrogen-bond acceptors (Lipinski definition) is 4. The molecular weight excluding hydrogens is 230 g/mol. The van der Waals surface area contributed by atoms with Crippen molar-refractivity contribution in [3.63, 3.8) is 0 Å². The van der Waals surface area contributed by atoms with Crippen LogP contribution in [0.2, 0.25) is 0 Å². The van der Waals surface area contributed by atoms with Crippen LogP contribution in [0.25, 0.3) is 0 Å². The lowest BCUT2D eigenvalue weighted by atomic mass is 10.1. The van der Waals surface area contributed by atoms with E-state index >= 15 is 0 Å². The molecule has 0 spiro atoms. The first-order chi connectivity index (χ1) is 8.67. The van der Waals surface area contributed by atoms with Crippen molar-refractivity contribution < 1.29 is 14.3 Å². The van der Waals surface area contributed by atoms with Crippen LogP contribution in [0.15, 0.2) is 24.3 Å². The maximum atomic E-state index is 11.2. The Morgan fingerprint density at radius 1 is 1.33 bits per heavy atom. The van der Waals surface area contributed by atoms with E-state index < -0.39 is 12.0 Å². The zero-order chi connectivity index (χ0) is 13.4. The van der Waals surface area contributed by atoms with Gasteiger partial charge in [-0.2, -0.15) is 0 Å². The second-order valence-corrected chi connectivity index (χ2v) is 4.18. The van der Waals surface area contributed by atoms with Crippen molar-refractivity contribution in [2.75, 3.05) is 13.7 Å². The monoisotopic (exact) mass is 251 g/mol. The van der Waals surface area contributed by atoms with Gasteiger partial charge in [0.2, 0.25) is 0 Å². The van der Waals surface area contributed by atoms with Gasteiger partial charge in [0.15, 0.2) is 0 Å². The number of unbranched alkanes of at least 4 members (excludes halogenated alkanes) is 1. The predicted octanol–water partition coefficient (Wildman–Crippen LogP) is 1.91. The average molecular weight is 251 g/mol. The average Bonchev–Trinajstić information content (AvgIpc) is 2.40. The molecule has 0 amide bonds. The molecule has 1 aromatic rings. The lowest BCUT2D eigenvalue weighted by Gasteiger charge is -2.10. The fourth-order valence-electron chi connectivity index (χ4n) is 1.54. The molecule has 1 atom stereocenters. The van der Waals surface area contributed by atoms with Crippen molar-refractivity contribution in [1.29, 1.82) is 0 Å². The highest BCUT2D eigenvalue weighted by atomic mass is 16.5. The molecule has 0 saturated heterocycles. The Labute approximate surface area is 108 Å². The van der Waals surface area contributed by atoms with E-state index in [4.69, 9.17) is 10.5 Å². The largest absolute Gasteiger partial charge is 0.494 e. The van der Waals surface area contributed by atoms with E-state index in [1.807, 2.05) is 24.3 Å². The van der Waals surface area contributed by atoms with Crippen LogP contribution in [-0.2, 0) is 16.0 Å². The van der Waals surface area contributed by atoms with Crippen LogP contribution in [-0.4, -0.2) is 25.7 Å². The van der Waals surface area contributed by atoms with Crippen molar-refractivity contribution in [2.45, 2.75) is 32.2 Å². The van der Waals surface area contributed by atoms with Gasteiger partial charge in [0.25, 0.3) is 0 Å². The lowest BCUT2D eigenvalue weighted by molar-refractivity contribution is -0.142. The topological polar surface area (TPSA) is 61.5 Å². The predicted molar refractivity (Wildman–Crippen MR) is 70.5 cm³/mol. The first-order valence-electron chi connectivity index (χ1n) is 6.22. The molecule has 0 saturated carbocycles. The highest BCUT2D eigenvalue weighted by molar-refractivity contribution is 5.75. The molecule has 100 valence electrons. The van der Waals surface area contributed by atoms with E-state index in [2.05, 4.69) is 11.7 Å². The Balaban J connectivity index is 2.47. The van der Waals surface area contributed by atoms with Crippen LogP contribution < -0.4 is 10.5 Å². The quantitative estimate of drug-likeness (QED) is 0.594. The number of hydrogen-bond donors (Lipinski definition) is 1. The first kappa shape index (κ1) is 14.5. The number of rotatable bonds is 7. The van der Waals surface area contributed by atoms with Crippen LogP contribution in [0.1, 0.15) is 25.3 Å². The normalized spacial score (nSPS) is 11.9. The molecule has 0 bridgehead atoms. The minimum atomic E-state index is -0.609. The Bertz CT molecular complexity index is 362. The molecule has 4 heteroatoms. The summed E-state index contributed by atoms with van der Waals surface area (Å²) >= 11 is 0. The summed E-state index contributed by atoms with van der Waals surface area (Å²) in [5.41, 5.74) is 6.69. The van der Waals surface area contributed by atoms with E-state index in [1.165, 1.54) is 7.11 Å². The molecule has 0 aliphatic rings. The van der Waals surface area contributed by atoms with Crippen molar-refractivity contribution in [3.8, 4) is 5.75 Å². The summed E-state index contributed by atoms with van der Waals surface area (Å²) in [6.45, 7) is 2.86. The Morgan fingerprint density at radius 2 is 2.00 bits per heavy atom. The Morgan fingerprint density at radius 3 is 2.56 bits per heavy atom. The number of carbonyl (C=O) groups is 1. The van der Waals surface area contributed by atoms with Gasteiger partial charge in [-0.05, 0) is 30.5 Å². The summed E-state index contributed by atoms with van der Waals surface area (Å²) in [5.74, 6) is 0.456. The minimum absolute atomic E-state index is 0.390. The lowest BCUT2D eigenvalue weighted by Crippen LogP contribution is -2.33. The van der Waals surface area contributed by atoms with Gasteiger partial charge in [0.1, 0.15) is 11.8 Å². The number of carbonyl (C=O) groups excluding carboxylic acids is 1. The van der Waals surface area contributed by atoms with Gasteiger partial charge in [-0.15, -0.1) is 0 Å². The van der Waals surface area contributed by atoms with Crippen molar-refractivity contribution in [1.82, 2.24) is 0 Å². The summed E-state index contributed by atoms with van der Waals surface area (Å²) in [6, 6.07) is 7.03. The minimum Gasteiger partial charge on any atom is -0.494 e. The standard InChI is InChI=1S/C14H21NO3/c1-3-4-9-18-12-7-5-11(6-8-12)10-13(15)14(16)17-2/h5-8,13H,3-4,9-10,15H2,1-2H3. The maximum absolute atomic E-state index is 11.2.